The highest BCUT2D eigenvalue weighted by Gasteiger charge is 2.13. The van der Waals surface area contributed by atoms with Crippen LogP contribution in [-0.2, 0) is 17.9 Å². The van der Waals surface area contributed by atoms with Crippen molar-refractivity contribution in [1.29, 1.82) is 0 Å². The van der Waals surface area contributed by atoms with Gasteiger partial charge in [0.1, 0.15) is 0 Å². The summed E-state index contributed by atoms with van der Waals surface area (Å²) in [5, 5.41) is 1.30. The Morgan fingerprint density at radius 2 is 1.95 bits per heavy atom. The van der Waals surface area contributed by atoms with E-state index in [1.54, 1.807) is 11.3 Å². The van der Waals surface area contributed by atoms with Gasteiger partial charge in [-0.15, -0.1) is 11.3 Å². The monoisotopic (exact) mass is 277 g/mol. The lowest BCUT2D eigenvalue weighted by molar-refractivity contribution is 0.0401. The van der Waals surface area contributed by atoms with E-state index in [1.165, 1.54) is 20.5 Å². The Bertz CT molecular complexity index is 533. The second-order valence-electron chi connectivity index (χ2n) is 5.46. The minimum atomic E-state index is 0.296. The van der Waals surface area contributed by atoms with Crippen LogP contribution in [0.3, 0.4) is 0 Å². The lowest BCUT2D eigenvalue weighted by Crippen LogP contribution is -2.11. The maximum absolute atomic E-state index is 6.00. The van der Waals surface area contributed by atoms with Crippen molar-refractivity contribution in [3.63, 3.8) is 0 Å². The number of nitrogens with two attached hydrogens (primary N) is 1. The molecule has 0 aliphatic carbocycles. The molecule has 0 spiro atoms. The molecule has 1 unspecified atom stereocenters. The van der Waals surface area contributed by atoms with Gasteiger partial charge in [-0.05, 0) is 30.7 Å². The fourth-order valence-electron chi connectivity index (χ4n) is 2.43. The zero-order valence-corrected chi connectivity index (χ0v) is 12.8. The number of thiophene rings is 1. The van der Waals surface area contributed by atoms with Crippen molar-refractivity contribution < 1.29 is 4.74 Å². The molecular weight excluding hydrogens is 254 g/mol. The van der Waals surface area contributed by atoms with Crippen LogP contribution in [0.15, 0.2) is 24.3 Å². The molecule has 1 aromatic carbocycles. The summed E-state index contributed by atoms with van der Waals surface area (Å²) in [5.74, 6) is 0.670. The Hall–Kier alpha value is -0.900. The number of fused-ring (bicyclic) bond motifs is 1. The van der Waals surface area contributed by atoms with Crippen molar-refractivity contribution in [2.75, 3.05) is 0 Å². The van der Waals surface area contributed by atoms with Gasteiger partial charge in [0.15, 0.2) is 0 Å². The van der Waals surface area contributed by atoms with Crippen molar-refractivity contribution in [2.45, 2.75) is 46.4 Å². The summed E-state index contributed by atoms with van der Waals surface area (Å²) in [6.45, 7) is 7.87. The summed E-state index contributed by atoms with van der Waals surface area (Å²) in [6.07, 6.45) is 1.39. The summed E-state index contributed by atoms with van der Waals surface area (Å²) in [7, 11) is 0. The average molecular weight is 277 g/mol. The van der Waals surface area contributed by atoms with E-state index in [1.807, 2.05) is 0 Å². The van der Waals surface area contributed by atoms with Crippen LogP contribution in [0, 0.1) is 5.92 Å². The molecule has 0 radical (unpaired) electrons. The molecule has 3 heteroatoms. The number of benzene rings is 1. The number of ether oxygens (including phenoxy) is 1. The topological polar surface area (TPSA) is 35.2 Å². The zero-order valence-electron chi connectivity index (χ0n) is 12.0. The van der Waals surface area contributed by atoms with Gasteiger partial charge in [0, 0.05) is 21.7 Å². The third-order valence-electron chi connectivity index (χ3n) is 3.28. The Kier molecular flexibility index (Phi) is 4.97. The molecule has 0 saturated heterocycles. The molecular formula is C16H23NOS. The van der Waals surface area contributed by atoms with Crippen LogP contribution in [-0.4, -0.2) is 6.10 Å². The van der Waals surface area contributed by atoms with Crippen LogP contribution in [0.5, 0.6) is 0 Å². The molecule has 1 atom stereocenters. The van der Waals surface area contributed by atoms with Crippen molar-refractivity contribution in [3.8, 4) is 0 Å². The van der Waals surface area contributed by atoms with Gasteiger partial charge in [0.05, 0.1) is 12.7 Å². The molecule has 2 rings (SSSR count). The molecule has 2 aromatic rings. The third-order valence-corrected chi connectivity index (χ3v) is 4.52. The normalized spacial score (nSPS) is 13.3. The van der Waals surface area contributed by atoms with Gasteiger partial charge in [-0.3, -0.25) is 0 Å². The number of hydrogen-bond donors (Lipinski definition) is 1. The Balaban J connectivity index is 2.15. The molecule has 0 aliphatic rings. The Morgan fingerprint density at radius 1 is 1.21 bits per heavy atom. The fraction of sp³-hybridized carbons (Fsp3) is 0.500. The fourth-order valence-corrected chi connectivity index (χ4v) is 3.52. The van der Waals surface area contributed by atoms with E-state index in [0.717, 1.165) is 6.42 Å². The van der Waals surface area contributed by atoms with Crippen LogP contribution in [0.1, 0.15) is 37.6 Å². The molecule has 19 heavy (non-hydrogen) atoms. The highest BCUT2D eigenvalue weighted by atomic mass is 32.1. The standard InChI is InChI=1S/C16H23NOS/c1-11(2)8-12(3)18-10-14-13-6-4-5-7-15(13)19-16(14)9-17/h4-7,11-12H,8-10,17H2,1-3H3. The quantitative estimate of drug-likeness (QED) is 0.854. The highest BCUT2D eigenvalue weighted by molar-refractivity contribution is 7.19. The van der Waals surface area contributed by atoms with Crippen LogP contribution in [0.2, 0.25) is 0 Å². The van der Waals surface area contributed by atoms with E-state index >= 15 is 0 Å². The maximum atomic E-state index is 6.00. The summed E-state index contributed by atoms with van der Waals surface area (Å²) in [6, 6.07) is 8.47. The van der Waals surface area contributed by atoms with Crippen LogP contribution < -0.4 is 5.73 Å². The minimum absolute atomic E-state index is 0.296. The molecule has 0 saturated carbocycles. The first-order valence-corrected chi connectivity index (χ1v) is 7.74. The minimum Gasteiger partial charge on any atom is -0.374 e. The summed E-state index contributed by atoms with van der Waals surface area (Å²) in [4.78, 5) is 1.25. The molecule has 0 aliphatic heterocycles. The lowest BCUT2D eigenvalue weighted by atomic mass is 10.1. The smallest absolute Gasteiger partial charge is 0.0737 e. The predicted molar refractivity (Wildman–Crippen MR) is 83.4 cm³/mol. The molecule has 1 aromatic heterocycles. The van der Waals surface area contributed by atoms with Gasteiger partial charge >= 0.3 is 0 Å². The van der Waals surface area contributed by atoms with Crippen LogP contribution >= 0.6 is 11.3 Å². The third kappa shape index (κ3) is 3.56. The summed E-state index contributed by atoms with van der Waals surface area (Å²) >= 11 is 1.78. The second kappa shape index (κ2) is 6.51. The van der Waals surface area contributed by atoms with Crippen LogP contribution in [0.25, 0.3) is 10.1 Å². The molecule has 2 N–H and O–H groups in total. The first-order valence-electron chi connectivity index (χ1n) is 6.92. The molecule has 0 fully saturated rings. The molecule has 0 amide bonds. The van der Waals surface area contributed by atoms with Gasteiger partial charge in [-0.1, -0.05) is 32.0 Å². The van der Waals surface area contributed by atoms with Gasteiger partial charge < -0.3 is 10.5 Å². The number of hydrogen-bond acceptors (Lipinski definition) is 3. The van der Waals surface area contributed by atoms with E-state index in [2.05, 4.69) is 45.0 Å². The summed E-state index contributed by atoms with van der Waals surface area (Å²) < 4.78 is 7.30. The summed E-state index contributed by atoms with van der Waals surface area (Å²) in [5.41, 5.74) is 7.13. The lowest BCUT2D eigenvalue weighted by Gasteiger charge is -2.15. The molecule has 1 heterocycles. The van der Waals surface area contributed by atoms with E-state index in [-0.39, 0.29) is 0 Å². The van der Waals surface area contributed by atoms with Crippen molar-refractivity contribution in [2.24, 2.45) is 11.7 Å². The van der Waals surface area contributed by atoms with Gasteiger partial charge in [-0.25, -0.2) is 0 Å². The SMILES string of the molecule is CC(C)CC(C)OCc1c(CN)sc2ccccc12. The molecule has 0 bridgehead atoms. The molecule has 104 valence electrons. The number of rotatable bonds is 6. The van der Waals surface area contributed by atoms with Crippen molar-refractivity contribution in [3.05, 3.63) is 34.7 Å². The Morgan fingerprint density at radius 3 is 2.63 bits per heavy atom. The average Bonchev–Trinajstić information content (AvgIpc) is 2.73. The van der Waals surface area contributed by atoms with Gasteiger partial charge in [0.2, 0.25) is 0 Å². The van der Waals surface area contributed by atoms with E-state index in [9.17, 15) is 0 Å². The Labute approximate surface area is 119 Å². The highest BCUT2D eigenvalue weighted by Crippen LogP contribution is 2.31. The van der Waals surface area contributed by atoms with E-state index in [0.29, 0.717) is 25.2 Å². The van der Waals surface area contributed by atoms with Crippen molar-refractivity contribution >= 4 is 21.4 Å². The van der Waals surface area contributed by atoms with E-state index < -0.39 is 0 Å². The predicted octanol–water partition coefficient (Wildman–Crippen LogP) is 4.31. The zero-order chi connectivity index (χ0) is 13.8. The van der Waals surface area contributed by atoms with E-state index in [4.69, 9.17) is 10.5 Å². The van der Waals surface area contributed by atoms with Gasteiger partial charge in [-0.2, -0.15) is 0 Å². The maximum Gasteiger partial charge on any atom is 0.0737 e. The molecule has 2 nitrogen and oxygen atoms in total. The van der Waals surface area contributed by atoms with Crippen LogP contribution in [0.4, 0.5) is 0 Å². The first kappa shape index (κ1) is 14.5. The van der Waals surface area contributed by atoms with Crippen molar-refractivity contribution in [1.82, 2.24) is 0 Å². The first-order chi connectivity index (χ1) is 9.11. The van der Waals surface area contributed by atoms with Gasteiger partial charge in [0.25, 0.3) is 0 Å². The largest absolute Gasteiger partial charge is 0.374 e. The second-order valence-corrected chi connectivity index (χ2v) is 6.59.